The van der Waals surface area contributed by atoms with E-state index in [2.05, 4.69) is 17.6 Å². The molecule has 0 aliphatic carbocycles. The highest BCUT2D eigenvalue weighted by molar-refractivity contribution is 7.98. The number of hydrogen-bond acceptors (Lipinski definition) is 5. The third-order valence-electron chi connectivity index (χ3n) is 7.14. The molecule has 2 rings (SSSR count). The minimum Gasteiger partial charge on any atom is -0.444 e. The number of para-hydroxylation sites is 1. The number of aryl methyl sites for hydroxylation is 4. The normalized spacial score (nSPS) is 12.8. The smallest absolute Gasteiger partial charge is 0.408 e. The van der Waals surface area contributed by atoms with Gasteiger partial charge in [-0.2, -0.15) is 11.8 Å². The summed E-state index contributed by atoms with van der Waals surface area (Å²) in [5.74, 6) is 0.107. The average molecular weight is 598 g/mol. The SMILES string of the molecule is CCCCCCN(C(=O)C(CCSC)NC(=O)OC(C)(C)C)C(C(=O)Nc1c(C)cccc1C)c1ccc(C)cc1C. The molecule has 0 radical (unpaired) electrons. The quantitative estimate of drug-likeness (QED) is 0.218. The van der Waals surface area contributed by atoms with Crippen molar-refractivity contribution in [1.29, 1.82) is 0 Å². The van der Waals surface area contributed by atoms with Crippen LogP contribution in [0.3, 0.4) is 0 Å². The highest BCUT2D eigenvalue weighted by Gasteiger charge is 2.37. The van der Waals surface area contributed by atoms with Crippen molar-refractivity contribution in [3.63, 3.8) is 0 Å². The van der Waals surface area contributed by atoms with E-state index in [1.165, 1.54) is 0 Å². The Morgan fingerprint density at radius 1 is 0.952 bits per heavy atom. The number of benzene rings is 2. The molecule has 2 unspecified atom stereocenters. The van der Waals surface area contributed by atoms with Crippen LogP contribution in [0.25, 0.3) is 0 Å². The van der Waals surface area contributed by atoms with E-state index in [-0.39, 0.29) is 11.8 Å². The highest BCUT2D eigenvalue weighted by atomic mass is 32.2. The number of ether oxygens (including phenoxy) is 1. The van der Waals surface area contributed by atoms with Gasteiger partial charge in [-0.1, -0.05) is 68.1 Å². The number of carbonyl (C=O) groups is 3. The fraction of sp³-hybridized carbons (Fsp3) is 0.559. The minimum atomic E-state index is -0.879. The number of unbranched alkanes of at least 4 members (excludes halogenated alkanes) is 3. The summed E-state index contributed by atoms with van der Waals surface area (Å²) in [5, 5.41) is 5.99. The first-order valence-electron chi connectivity index (χ1n) is 15.0. The lowest BCUT2D eigenvalue weighted by Gasteiger charge is -2.35. The number of rotatable bonds is 14. The maximum absolute atomic E-state index is 14.5. The fourth-order valence-corrected chi connectivity index (χ4v) is 5.48. The Labute approximate surface area is 257 Å². The van der Waals surface area contributed by atoms with Crippen LogP contribution in [0, 0.1) is 27.7 Å². The van der Waals surface area contributed by atoms with E-state index < -0.39 is 23.8 Å². The molecule has 0 aromatic heterocycles. The second kappa shape index (κ2) is 16.6. The molecule has 0 fully saturated rings. The highest BCUT2D eigenvalue weighted by Crippen LogP contribution is 2.30. The van der Waals surface area contributed by atoms with Crippen LogP contribution in [0.15, 0.2) is 36.4 Å². The molecule has 3 amide bonds. The maximum Gasteiger partial charge on any atom is 0.408 e. The summed E-state index contributed by atoms with van der Waals surface area (Å²) in [4.78, 5) is 43.3. The molecule has 0 aliphatic heterocycles. The summed E-state index contributed by atoms with van der Waals surface area (Å²) in [7, 11) is 0. The topological polar surface area (TPSA) is 87.7 Å². The summed E-state index contributed by atoms with van der Waals surface area (Å²) in [6.07, 6.45) is 5.52. The number of nitrogens with one attached hydrogen (secondary N) is 2. The van der Waals surface area contributed by atoms with Gasteiger partial charge in [-0.05, 0) is 95.6 Å². The molecule has 2 aromatic rings. The van der Waals surface area contributed by atoms with Crippen LogP contribution >= 0.6 is 11.8 Å². The Hall–Kier alpha value is -3.00. The second-order valence-electron chi connectivity index (χ2n) is 12.1. The van der Waals surface area contributed by atoms with Crippen LogP contribution in [0.2, 0.25) is 0 Å². The summed E-state index contributed by atoms with van der Waals surface area (Å²) >= 11 is 1.60. The van der Waals surface area contributed by atoms with Crippen molar-refractivity contribution in [2.75, 3.05) is 23.9 Å². The van der Waals surface area contributed by atoms with E-state index in [0.717, 1.165) is 59.2 Å². The molecule has 0 aliphatic rings. The molecule has 42 heavy (non-hydrogen) atoms. The zero-order valence-electron chi connectivity index (χ0n) is 27.1. The van der Waals surface area contributed by atoms with Gasteiger partial charge in [0.15, 0.2) is 0 Å². The molecular weight excluding hydrogens is 546 g/mol. The summed E-state index contributed by atoms with van der Waals surface area (Å²) in [6.45, 7) is 15.8. The van der Waals surface area contributed by atoms with Crippen molar-refractivity contribution in [1.82, 2.24) is 10.2 Å². The van der Waals surface area contributed by atoms with Crippen LogP contribution in [0.4, 0.5) is 10.5 Å². The van der Waals surface area contributed by atoms with Crippen LogP contribution in [-0.4, -0.2) is 53.0 Å². The lowest BCUT2D eigenvalue weighted by molar-refractivity contribution is -0.141. The molecule has 0 bridgehead atoms. The predicted octanol–water partition coefficient (Wildman–Crippen LogP) is 7.66. The van der Waals surface area contributed by atoms with E-state index in [0.29, 0.717) is 18.7 Å². The zero-order chi connectivity index (χ0) is 31.4. The van der Waals surface area contributed by atoms with Crippen LogP contribution in [0.5, 0.6) is 0 Å². The number of hydrogen-bond donors (Lipinski definition) is 2. The first-order valence-corrected chi connectivity index (χ1v) is 16.4. The summed E-state index contributed by atoms with van der Waals surface area (Å²) in [5.41, 5.74) is 4.74. The molecule has 0 heterocycles. The van der Waals surface area contributed by atoms with Gasteiger partial charge in [0.05, 0.1) is 0 Å². The van der Waals surface area contributed by atoms with Crippen molar-refractivity contribution >= 4 is 35.4 Å². The Kier molecular flexibility index (Phi) is 13.9. The Morgan fingerprint density at radius 3 is 2.19 bits per heavy atom. The van der Waals surface area contributed by atoms with Crippen molar-refractivity contribution in [2.45, 2.75) is 105 Å². The molecule has 2 N–H and O–H groups in total. The van der Waals surface area contributed by atoms with Crippen LogP contribution < -0.4 is 10.6 Å². The first-order chi connectivity index (χ1) is 19.8. The molecular formula is C34H51N3O4S. The number of amides is 3. The van der Waals surface area contributed by atoms with Gasteiger partial charge < -0.3 is 20.3 Å². The fourth-order valence-electron chi connectivity index (χ4n) is 5.00. The Balaban J connectivity index is 2.62. The van der Waals surface area contributed by atoms with E-state index in [1.807, 2.05) is 70.3 Å². The number of anilines is 1. The number of thioether (sulfide) groups is 1. The minimum absolute atomic E-state index is 0.274. The van der Waals surface area contributed by atoms with Gasteiger partial charge in [0.25, 0.3) is 5.91 Å². The molecule has 2 aromatic carbocycles. The van der Waals surface area contributed by atoms with Crippen molar-refractivity contribution in [2.24, 2.45) is 0 Å². The van der Waals surface area contributed by atoms with Gasteiger partial charge in [-0.25, -0.2) is 4.79 Å². The molecule has 7 nitrogen and oxygen atoms in total. The third-order valence-corrected chi connectivity index (χ3v) is 7.79. The Morgan fingerprint density at radius 2 is 1.62 bits per heavy atom. The van der Waals surface area contributed by atoms with Crippen molar-refractivity contribution in [3.05, 3.63) is 64.2 Å². The molecule has 232 valence electrons. The number of alkyl carbamates (subject to hydrolysis) is 1. The molecule has 0 saturated carbocycles. The zero-order valence-corrected chi connectivity index (χ0v) is 27.9. The van der Waals surface area contributed by atoms with E-state index >= 15 is 0 Å². The van der Waals surface area contributed by atoms with Gasteiger partial charge in [0, 0.05) is 12.2 Å². The predicted molar refractivity (Wildman–Crippen MR) is 175 cm³/mol. The average Bonchev–Trinajstić information content (AvgIpc) is 2.89. The lowest BCUT2D eigenvalue weighted by atomic mass is 9.95. The monoisotopic (exact) mass is 597 g/mol. The molecule has 8 heteroatoms. The van der Waals surface area contributed by atoms with Gasteiger partial charge in [0.1, 0.15) is 17.7 Å². The van der Waals surface area contributed by atoms with Crippen LogP contribution in [-0.2, 0) is 14.3 Å². The van der Waals surface area contributed by atoms with E-state index in [9.17, 15) is 14.4 Å². The third kappa shape index (κ3) is 10.7. The maximum atomic E-state index is 14.5. The Bertz CT molecular complexity index is 1190. The van der Waals surface area contributed by atoms with Crippen LogP contribution in [0.1, 0.15) is 93.7 Å². The van der Waals surface area contributed by atoms with Gasteiger partial charge in [0.2, 0.25) is 5.91 Å². The lowest BCUT2D eigenvalue weighted by Crippen LogP contribution is -2.53. The summed E-state index contributed by atoms with van der Waals surface area (Å²) in [6, 6.07) is 10.1. The van der Waals surface area contributed by atoms with Crippen molar-refractivity contribution in [3.8, 4) is 0 Å². The van der Waals surface area contributed by atoms with E-state index in [1.54, 1.807) is 37.4 Å². The largest absolute Gasteiger partial charge is 0.444 e. The van der Waals surface area contributed by atoms with E-state index in [4.69, 9.17) is 4.74 Å². The standard InChI is InChI=1S/C34H51N3O4S/c1-10-11-12-13-20-37(32(39)28(19-21-42-9)35-33(40)41-34(6,7)8)30(27-18-17-23(2)22-26(27)5)31(38)36-29-24(3)15-14-16-25(29)4/h14-18,22,28,30H,10-13,19-21H2,1-9H3,(H,35,40)(H,36,38). The second-order valence-corrected chi connectivity index (χ2v) is 13.1. The number of carbonyl (C=O) groups excluding carboxylic acids is 3. The van der Waals surface area contributed by atoms with Gasteiger partial charge >= 0.3 is 6.09 Å². The van der Waals surface area contributed by atoms with Gasteiger partial charge in [-0.3, -0.25) is 9.59 Å². The first kappa shape index (κ1) is 35.2. The molecule has 0 spiro atoms. The van der Waals surface area contributed by atoms with Gasteiger partial charge in [-0.15, -0.1) is 0 Å². The van der Waals surface area contributed by atoms with Crippen molar-refractivity contribution < 1.29 is 19.1 Å². The summed E-state index contributed by atoms with van der Waals surface area (Å²) < 4.78 is 5.51. The molecule has 0 saturated heterocycles. The number of nitrogens with zero attached hydrogens (tertiary/aromatic N) is 1. The molecule has 2 atom stereocenters.